The minimum atomic E-state index is -0.242. The van der Waals surface area contributed by atoms with E-state index in [4.69, 9.17) is 16.3 Å². The number of carbonyl (C=O) groups is 1. The Hall–Kier alpha value is -2.20. The maximum Gasteiger partial charge on any atom is 0.319 e. The molecule has 0 atom stereocenters. The van der Waals surface area contributed by atoms with Crippen LogP contribution >= 0.6 is 11.6 Å². The summed E-state index contributed by atoms with van der Waals surface area (Å²) in [6.07, 6.45) is 0.931. The van der Waals surface area contributed by atoms with Crippen LogP contribution in [0.25, 0.3) is 0 Å². The number of urea groups is 1. The lowest BCUT2D eigenvalue weighted by atomic mass is 10.1. The number of carbonyl (C=O) groups excluding carboxylic acids is 1. The monoisotopic (exact) mass is 302 g/mol. The van der Waals surface area contributed by atoms with Gasteiger partial charge < -0.3 is 15.4 Å². The average Bonchev–Trinajstić information content (AvgIpc) is 2.95. The molecule has 5 heteroatoms. The first-order chi connectivity index (χ1) is 10.2. The molecule has 1 aliphatic rings. The summed E-state index contributed by atoms with van der Waals surface area (Å²) in [4.78, 5) is 11.8. The van der Waals surface area contributed by atoms with Crippen molar-refractivity contribution >= 4 is 23.3 Å². The van der Waals surface area contributed by atoms with Crippen LogP contribution in [0.1, 0.15) is 11.1 Å². The SMILES string of the molecule is O=C(NCc1ccc2c(c1)CCO2)Nc1ccc(Cl)cc1. The van der Waals surface area contributed by atoms with Gasteiger partial charge in [-0.3, -0.25) is 0 Å². The summed E-state index contributed by atoms with van der Waals surface area (Å²) in [5, 5.41) is 6.23. The van der Waals surface area contributed by atoms with Crippen LogP contribution in [0.15, 0.2) is 42.5 Å². The van der Waals surface area contributed by atoms with Crippen molar-refractivity contribution in [1.29, 1.82) is 0 Å². The molecule has 1 aliphatic heterocycles. The standard InChI is InChI=1S/C16H15ClN2O2/c17-13-2-4-14(5-3-13)19-16(20)18-10-11-1-6-15-12(9-11)7-8-21-15/h1-6,9H,7-8,10H2,(H2,18,19,20). The van der Waals surface area contributed by atoms with Crippen molar-refractivity contribution < 1.29 is 9.53 Å². The molecule has 0 aromatic heterocycles. The van der Waals surface area contributed by atoms with Crippen LogP contribution in [0.3, 0.4) is 0 Å². The van der Waals surface area contributed by atoms with Crippen LogP contribution in [0.5, 0.6) is 5.75 Å². The predicted molar refractivity (Wildman–Crippen MR) is 83.0 cm³/mol. The number of benzene rings is 2. The Morgan fingerprint density at radius 2 is 2.00 bits per heavy atom. The molecule has 0 saturated carbocycles. The van der Waals surface area contributed by atoms with Crippen molar-refractivity contribution in [2.75, 3.05) is 11.9 Å². The molecular weight excluding hydrogens is 288 g/mol. The Labute approximate surface area is 128 Å². The van der Waals surface area contributed by atoms with Crippen LogP contribution < -0.4 is 15.4 Å². The average molecular weight is 303 g/mol. The topological polar surface area (TPSA) is 50.4 Å². The Balaban J connectivity index is 1.55. The molecule has 2 aromatic rings. The fraction of sp³-hybridized carbons (Fsp3) is 0.188. The largest absolute Gasteiger partial charge is 0.493 e. The highest BCUT2D eigenvalue weighted by molar-refractivity contribution is 6.30. The highest BCUT2D eigenvalue weighted by Gasteiger charge is 2.12. The number of hydrogen-bond acceptors (Lipinski definition) is 2. The highest BCUT2D eigenvalue weighted by Crippen LogP contribution is 2.25. The fourth-order valence-corrected chi connectivity index (χ4v) is 2.37. The second-order valence-electron chi connectivity index (χ2n) is 4.86. The summed E-state index contributed by atoms with van der Waals surface area (Å²) in [6.45, 7) is 1.22. The molecule has 2 amide bonds. The van der Waals surface area contributed by atoms with E-state index in [0.29, 0.717) is 17.3 Å². The summed E-state index contributed by atoms with van der Waals surface area (Å²) in [5.74, 6) is 0.948. The molecule has 21 heavy (non-hydrogen) atoms. The third kappa shape index (κ3) is 3.47. The molecular formula is C16H15ClN2O2. The van der Waals surface area contributed by atoms with Crippen LogP contribution in [0, 0.1) is 0 Å². The number of anilines is 1. The molecule has 1 heterocycles. The van der Waals surface area contributed by atoms with Gasteiger partial charge in [0.15, 0.2) is 0 Å². The molecule has 0 saturated heterocycles. The Morgan fingerprint density at radius 3 is 2.81 bits per heavy atom. The molecule has 0 radical (unpaired) electrons. The minimum absolute atomic E-state index is 0.242. The Morgan fingerprint density at radius 1 is 1.19 bits per heavy atom. The molecule has 0 aliphatic carbocycles. The molecule has 3 rings (SSSR count). The van der Waals surface area contributed by atoms with Gasteiger partial charge in [-0.25, -0.2) is 4.79 Å². The van der Waals surface area contributed by atoms with E-state index in [1.54, 1.807) is 24.3 Å². The van der Waals surface area contributed by atoms with E-state index < -0.39 is 0 Å². The van der Waals surface area contributed by atoms with Crippen molar-refractivity contribution in [3.05, 3.63) is 58.6 Å². The molecule has 2 aromatic carbocycles. The van der Waals surface area contributed by atoms with Gasteiger partial charge in [0.1, 0.15) is 5.75 Å². The second-order valence-corrected chi connectivity index (χ2v) is 5.29. The molecule has 0 unspecified atom stereocenters. The van der Waals surface area contributed by atoms with Crippen LogP contribution in [-0.2, 0) is 13.0 Å². The van der Waals surface area contributed by atoms with Crippen molar-refractivity contribution in [2.24, 2.45) is 0 Å². The van der Waals surface area contributed by atoms with Gasteiger partial charge >= 0.3 is 6.03 Å². The van der Waals surface area contributed by atoms with E-state index >= 15 is 0 Å². The van der Waals surface area contributed by atoms with Gasteiger partial charge in [0.25, 0.3) is 0 Å². The van der Waals surface area contributed by atoms with E-state index in [2.05, 4.69) is 16.7 Å². The number of nitrogens with one attached hydrogen (secondary N) is 2. The summed E-state index contributed by atoms with van der Waals surface area (Å²) in [5.41, 5.74) is 2.97. The number of halogens is 1. The highest BCUT2D eigenvalue weighted by atomic mass is 35.5. The first-order valence-electron chi connectivity index (χ1n) is 6.76. The molecule has 0 bridgehead atoms. The Bertz CT molecular complexity index is 656. The maximum absolute atomic E-state index is 11.8. The van der Waals surface area contributed by atoms with E-state index in [1.807, 2.05) is 12.1 Å². The van der Waals surface area contributed by atoms with Gasteiger partial charge in [0.2, 0.25) is 0 Å². The third-order valence-electron chi connectivity index (χ3n) is 3.31. The first kappa shape index (κ1) is 13.8. The van der Waals surface area contributed by atoms with Crippen molar-refractivity contribution in [2.45, 2.75) is 13.0 Å². The van der Waals surface area contributed by atoms with E-state index in [-0.39, 0.29) is 6.03 Å². The number of rotatable bonds is 3. The number of ether oxygens (including phenoxy) is 1. The smallest absolute Gasteiger partial charge is 0.319 e. The second kappa shape index (κ2) is 6.06. The van der Waals surface area contributed by atoms with Crippen molar-refractivity contribution in [1.82, 2.24) is 5.32 Å². The van der Waals surface area contributed by atoms with Crippen LogP contribution in [0.2, 0.25) is 5.02 Å². The van der Waals surface area contributed by atoms with Gasteiger partial charge in [0, 0.05) is 23.7 Å². The minimum Gasteiger partial charge on any atom is -0.493 e. The summed E-state index contributed by atoms with van der Waals surface area (Å²) in [7, 11) is 0. The van der Waals surface area contributed by atoms with E-state index in [0.717, 1.165) is 24.3 Å². The fourth-order valence-electron chi connectivity index (χ4n) is 2.24. The molecule has 0 fully saturated rings. The normalized spacial score (nSPS) is 12.4. The first-order valence-corrected chi connectivity index (χ1v) is 7.13. The van der Waals surface area contributed by atoms with E-state index in [9.17, 15) is 4.79 Å². The summed E-state index contributed by atoms with van der Waals surface area (Å²) < 4.78 is 5.46. The number of fused-ring (bicyclic) bond motifs is 1. The molecule has 4 nitrogen and oxygen atoms in total. The lowest BCUT2D eigenvalue weighted by Gasteiger charge is -2.08. The van der Waals surface area contributed by atoms with Gasteiger partial charge in [-0.15, -0.1) is 0 Å². The van der Waals surface area contributed by atoms with Crippen molar-refractivity contribution in [3.63, 3.8) is 0 Å². The third-order valence-corrected chi connectivity index (χ3v) is 3.56. The van der Waals surface area contributed by atoms with Gasteiger partial charge in [-0.2, -0.15) is 0 Å². The lowest BCUT2D eigenvalue weighted by Crippen LogP contribution is -2.28. The zero-order valence-corrected chi connectivity index (χ0v) is 12.1. The molecule has 0 spiro atoms. The molecule has 108 valence electrons. The summed E-state index contributed by atoms with van der Waals surface area (Å²) >= 11 is 5.80. The van der Waals surface area contributed by atoms with Crippen LogP contribution in [0.4, 0.5) is 10.5 Å². The molecule has 2 N–H and O–H groups in total. The van der Waals surface area contributed by atoms with Gasteiger partial charge in [0.05, 0.1) is 6.61 Å². The lowest BCUT2D eigenvalue weighted by molar-refractivity contribution is 0.251. The number of hydrogen-bond donors (Lipinski definition) is 2. The van der Waals surface area contributed by atoms with E-state index in [1.165, 1.54) is 5.56 Å². The van der Waals surface area contributed by atoms with Crippen molar-refractivity contribution in [3.8, 4) is 5.75 Å². The van der Waals surface area contributed by atoms with Gasteiger partial charge in [-0.1, -0.05) is 23.7 Å². The van der Waals surface area contributed by atoms with Crippen LogP contribution in [-0.4, -0.2) is 12.6 Å². The Kier molecular flexibility index (Phi) is 3.97. The number of amides is 2. The quantitative estimate of drug-likeness (QED) is 0.910. The zero-order valence-electron chi connectivity index (χ0n) is 11.4. The summed E-state index contributed by atoms with van der Waals surface area (Å²) in [6, 6.07) is 12.7. The zero-order chi connectivity index (χ0) is 14.7. The van der Waals surface area contributed by atoms with Gasteiger partial charge in [-0.05, 0) is 41.5 Å². The predicted octanol–water partition coefficient (Wildman–Crippen LogP) is 3.60. The maximum atomic E-state index is 11.8.